The second-order valence-corrected chi connectivity index (χ2v) is 4.75. The highest BCUT2D eigenvalue weighted by molar-refractivity contribution is 5.98. The van der Waals surface area contributed by atoms with Crippen LogP contribution >= 0.6 is 0 Å². The Bertz CT molecular complexity index is 603. The number of hydrogen-bond donors (Lipinski definition) is 0. The van der Waals surface area contributed by atoms with Gasteiger partial charge in [0.15, 0.2) is 5.78 Å². The number of benzene rings is 2. The maximum atomic E-state index is 13.2. The number of ether oxygens (including phenoxy) is 1. The number of carbonyl (C=O) groups is 1. The Morgan fingerprint density at radius 1 is 1.15 bits per heavy atom. The molecule has 0 bridgehead atoms. The lowest BCUT2D eigenvalue weighted by molar-refractivity contribution is 0.0979. The van der Waals surface area contributed by atoms with Gasteiger partial charge in [-0.3, -0.25) is 4.79 Å². The van der Waals surface area contributed by atoms with Crippen LogP contribution in [0, 0.1) is 12.7 Å². The summed E-state index contributed by atoms with van der Waals surface area (Å²) in [6.45, 7) is 2.02. The maximum absolute atomic E-state index is 13.2. The molecule has 2 aromatic carbocycles. The molecule has 20 heavy (non-hydrogen) atoms. The van der Waals surface area contributed by atoms with Gasteiger partial charge in [-0.05, 0) is 37.1 Å². The molecule has 0 unspecified atom stereocenters. The number of Topliss-reactive ketones (excluding diaryl/α,β-unsaturated/α-hetero) is 1. The number of methoxy groups -OCH3 is 1. The Kier molecular flexibility index (Phi) is 4.51. The van der Waals surface area contributed by atoms with Gasteiger partial charge in [0, 0.05) is 6.42 Å². The largest absolute Gasteiger partial charge is 0.496 e. The molecule has 2 rings (SSSR count). The van der Waals surface area contributed by atoms with Gasteiger partial charge in [0.25, 0.3) is 0 Å². The van der Waals surface area contributed by atoms with Crippen LogP contribution in [-0.4, -0.2) is 12.9 Å². The fraction of sp³-hybridized carbons (Fsp3) is 0.235. The van der Waals surface area contributed by atoms with Crippen molar-refractivity contribution in [2.45, 2.75) is 19.8 Å². The van der Waals surface area contributed by atoms with E-state index in [0.29, 0.717) is 24.2 Å². The first-order valence-corrected chi connectivity index (χ1v) is 6.52. The van der Waals surface area contributed by atoms with Crippen molar-refractivity contribution in [3.63, 3.8) is 0 Å². The third-order valence-electron chi connectivity index (χ3n) is 3.22. The third kappa shape index (κ3) is 3.44. The molecule has 0 saturated carbocycles. The van der Waals surface area contributed by atoms with Gasteiger partial charge in [0.1, 0.15) is 11.6 Å². The Hall–Kier alpha value is -2.16. The molecule has 3 heteroatoms. The molecular weight excluding hydrogens is 255 g/mol. The Labute approximate surface area is 118 Å². The molecule has 0 fully saturated rings. The lowest BCUT2D eigenvalue weighted by Crippen LogP contribution is -2.04. The molecule has 104 valence electrons. The number of rotatable bonds is 5. The number of halogens is 1. The summed E-state index contributed by atoms with van der Waals surface area (Å²) in [5.41, 5.74) is 2.59. The summed E-state index contributed by atoms with van der Waals surface area (Å²) in [6.07, 6.45) is 0.974. The van der Waals surface area contributed by atoms with E-state index in [4.69, 9.17) is 4.74 Å². The minimum Gasteiger partial charge on any atom is -0.496 e. The minimum atomic E-state index is -0.426. The average Bonchev–Trinajstić information content (AvgIpc) is 2.46. The topological polar surface area (TPSA) is 26.3 Å². The fourth-order valence-corrected chi connectivity index (χ4v) is 2.05. The van der Waals surface area contributed by atoms with Crippen molar-refractivity contribution in [3.8, 4) is 5.75 Å². The van der Waals surface area contributed by atoms with Gasteiger partial charge in [0.05, 0.1) is 12.7 Å². The first-order valence-electron chi connectivity index (χ1n) is 6.52. The predicted octanol–water partition coefficient (Wildman–Crippen LogP) is 3.96. The zero-order chi connectivity index (χ0) is 14.5. The molecule has 0 aromatic heterocycles. The Balaban J connectivity index is 2.08. The van der Waals surface area contributed by atoms with Crippen LogP contribution < -0.4 is 4.74 Å². The van der Waals surface area contributed by atoms with Crippen LogP contribution in [0.25, 0.3) is 0 Å². The highest BCUT2D eigenvalue weighted by Crippen LogP contribution is 2.21. The summed E-state index contributed by atoms with van der Waals surface area (Å²) in [5.74, 6) is -0.119. The van der Waals surface area contributed by atoms with E-state index in [-0.39, 0.29) is 5.78 Å². The molecule has 0 N–H and O–H groups in total. The van der Waals surface area contributed by atoms with E-state index >= 15 is 0 Å². The Morgan fingerprint density at radius 3 is 2.50 bits per heavy atom. The van der Waals surface area contributed by atoms with E-state index in [1.165, 1.54) is 30.9 Å². The molecule has 0 amide bonds. The Morgan fingerprint density at radius 2 is 1.85 bits per heavy atom. The van der Waals surface area contributed by atoms with E-state index in [1.54, 1.807) is 0 Å². The fourth-order valence-electron chi connectivity index (χ4n) is 2.05. The maximum Gasteiger partial charge on any atom is 0.167 e. The summed E-state index contributed by atoms with van der Waals surface area (Å²) in [7, 11) is 1.48. The van der Waals surface area contributed by atoms with Gasteiger partial charge < -0.3 is 4.74 Å². The van der Waals surface area contributed by atoms with Crippen LogP contribution in [0.3, 0.4) is 0 Å². The molecule has 0 aliphatic rings. The van der Waals surface area contributed by atoms with Crippen molar-refractivity contribution >= 4 is 5.78 Å². The van der Waals surface area contributed by atoms with Gasteiger partial charge in [-0.15, -0.1) is 0 Å². The number of carbonyl (C=O) groups excluding carboxylic acids is 1. The quantitative estimate of drug-likeness (QED) is 0.770. The van der Waals surface area contributed by atoms with Crippen molar-refractivity contribution in [2.24, 2.45) is 0 Å². The molecule has 0 aliphatic heterocycles. The molecule has 0 saturated heterocycles. The zero-order valence-corrected chi connectivity index (χ0v) is 11.7. The minimum absolute atomic E-state index is 0.109. The monoisotopic (exact) mass is 272 g/mol. The van der Waals surface area contributed by atoms with Crippen LogP contribution in [0.1, 0.15) is 27.9 Å². The van der Waals surface area contributed by atoms with E-state index in [9.17, 15) is 9.18 Å². The van der Waals surface area contributed by atoms with Crippen molar-refractivity contribution in [3.05, 3.63) is 65.0 Å². The van der Waals surface area contributed by atoms with Gasteiger partial charge in [-0.1, -0.05) is 29.8 Å². The SMILES string of the molecule is COc1ccc(F)cc1C(=O)CCc1ccc(C)cc1. The summed E-state index contributed by atoms with van der Waals surface area (Å²) >= 11 is 0. The molecule has 2 nitrogen and oxygen atoms in total. The first-order chi connectivity index (χ1) is 9.60. The van der Waals surface area contributed by atoms with Crippen LogP contribution in [0.2, 0.25) is 0 Å². The van der Waals surface area contributed by atoms with Crippen molar-refractivity contribution < 1.29 is 13.9 Å². The summed E-state index contributed by atoms with van der Waals surface area (Å²) in [6, 6.07) is 12.0. The smallest absolute Gasteiger partial charge is 0.167 e. The highest BCUT2D eigenvalue weighted by atomic mass is 19.1. The van der Waals surface area contributed by atoms with Gasteiger partial charge in [-0.2, -0.15) is 0 Å². The number of ketones is 1. The van der Waals surface area contributed by atoms with Crippen LogP contribution in [-0.2, 0) is 6.42 Å². The number of aryl methyl sites for hydroxylation is 2. The van der Waals surface area contributed by atoms with Crippen molar-refractivity contribution in [1.82, 2.24) is 0 Å². The summed E-state index contributed by atoms with van der Waals surface area (Å²) < 4.78 is 18.3. The second-order valence-electron chi connectivity index (χ2n) is 4.75. The van der Waals surface area contributed by atoms with Gasteiger partial charge in [-0.25, -0.2) is 4.39 Å². The lowest BCUT2D eigenvalue weighted by atomic mass is 10.0. The molecule has 2 aromatic rings. The second kappa shape index (κ2) is 6.33. The van der Waals surface area contributed by atoms with Crippen LogP contribution in [0.15, 0.2) is 42.5 Å². The van der Waals surface area contributed by atoms with E-state index in [1.807, 2.05) is 31.2 Å². The van der Waals surface area contributed by atoms with E-state index < -0.39 is 5.82 Å². The molecule has 0 aliphatic carbocycles. The average molecular weight is 272 g/mol. The predicted molar refractivity (Wildman–Crippen MR) is 76.8 cm³/mol. The van der Waals surface area contributed by atoms with E-state index in [2.05, 4.69) is 0 Å². The number of hydrogen-bond acceptors (Lipinski definition) is 2. The molecule has 0 spiro atoms. The standard InChI is InChI=1S/C17H17FO2/c1-12-3-5-13(6-4-12)7-9-16(19)15-11-14(18)8-10-17(15)20-2/h3-6,8,10-11H,7,9H2,1-2H3. The van der Waals surface area contributed by atoms with Gasteiger partial charge >= 0.3 is 0 Å². The van der Waals surface area contributed by atoms with Crippen LogP contribution in [0.4, 0.5) is 4.39 Å². The summed E-state index contributed by atoms with van der Waals surface area (Å²) in [5, 5.41) is 0. The van der Waals surface area contributed by atoms with Crippen molar-refractivity contribution in [2.75, 3.05) is 7.11 Å². The molecule has 0 radical (unpaired) electrons. The molecule has 0 atom stereocenters. The zero-order valence-electron chi connectivity index (χ0n) is 11.7. The van der Waals surface area contributed by atoms with Crippen LogP contribution in [0.5, 0.6) is 5.75 Å². The lowest BCUT2D eigenvalue weighted by Gasteiger charge is -2.08. The molecular formula is C17H17FO2. The van der Waals surface area contributed by atoms with E-state index in [0.717, 1.165) is 5.56 Å². The molecule has 0 heterocycles. The normalized spacial score (nSPS) is 10.3. The van der Waals surface area contributed by atoms with Crippen molar-refractivity contribution in [1.29, 1.82) is 0 Å². The van der Waals surface area contributed by atoms with Gasteiger partial charge in [0.2, 0.25) is 0 Å². The first kappa shape index (κ1) is 14.3. The third-order valence-corrected chi connectivity index (χ3v) is 3.22. The highest BCUT2D eigenvalue weighted by Gasteiger charge is 2.13. The summed E-state index contributed by atoms with van der Waals surface area (Å²) in [4.78, 5) is 12.2.